The number of nitrogens with zero attached hydrogens (tertiary/aromatic N) is 2. The molecule has 1 amide bonds. The normalized spacial score (nSPS) is 15.0. The lowest BCUT2D eigenvalue weighted by Crippen LogP contribution is -2.48. The molecule has 1 aliphatic rings. The Morgan fingerprint density at radius 2 is 1.86 bits per heavy atom. The maximum absolute atomic E-state index is 12.2. The van der Waals surface area contributed by atoms with Gasteiger partial charge in [0.1, 0.15) is 5.75 Å². The Labute approximate surface area is 141 Å². The van der Waals surface area contributed by atoms with E-state index in [2.05, 4.69) is 26.9 Å². The van der Waals surface area contributed by atoms with Crippen LogP contribution >= 0.6 is 15.9 Å². The van der Waals surface area contributed by atoms with Gasteiger partial charge in [-0.05, 0) is 25.0 Å². The van der Waals surface area contributed by atoms with Gasteiger partial charge in [0, 0.05) is 37.9 Å². The molecule has 122 valence electrons. The zero-order valence-electron chi connectivity index (χ0n) is 13.3. The minimum atomic E-state index is 0.300. The number of unbranched alkanes of at least 4 members (excludes halogenated alkanes) is 2. The van der Waals surface area contributed by atoms with E-state index in [4.69, 9.17) is 4.74 Å². The summed E-state index contributed by atoms with van der Waals surface area (Å²) in [5.74, 6) is 1.20. The molecule has 1 aromatic carbocycles. The Bertz CT molecular complexity index is 473. The molecule has 0 spiro atoms. The molecule has 2 rings (SSSR count). The molecule has 1 aromatic rings. The number of para-hydroxylation sites is 2. The van der Waals surface area contributed by atoms with Gasteiger partial charge in [-0.2, -0.15) is 0 Å². The predicted octanol–water partition coefficient (Wildman–Crippen LogP) is 3.30. The fourth-order valence-corrected chi connectivity index (χ4v) is 3.19. The molecule has 0 N–H and O–H groups in total. The first-order valence-electron chi connectivity index (χ1n) is 7.98. The van der Waals surface area contributed by atoms with Crippen LogP contribution in [0.3, 0.4) is 0 Å². The van der Waals surface area contributed by atoms with Gasteiger partial charge in [-0.15, -0.1) is 0 Å². The van der Waals surface area contributed by atoms with Gasteiger partial charge < -0.3 is 14.5 Å². The van der Waals surface area contributed by atoms with Gasteiger partial charge in [-0.1, -0.05) is 34.5 Å². The Balaban J connectivity index is 1.81. The molecule has 5 heteroatoms. The van der Waals surface area contributed by atoms with Crippen LogP contribution in [0.15, 0.2) is 24.3 Å². The van der Waals surface area contributed by atoms with Crippen molar-refractivity contribution in [1.29, 1.82) is 0 Å². The highest BCUT2D eigenvalue weighted by Crippen LogP contribution is 2.28. The van der Waals surface area contributed by atoms with Gasteiger partial charge in [0.05, 0.1) is 12.8 Å². The van der Waals surface area contributed by atoms with Crippen LogP contribution in [0.25, 0.3) is 0 Å². The molecule has 0 aromatic heterocycles. The Morgan fingerprint density at radius 3 is 2.55 bits per heavy atom. The summed E-state index contributed by atoms with van der Waals surface area (Å²) in [6.07, 6.45) is 3.95. The molecule has 0 saturated carbocycles. The molecule has 0 aliphatic carbocycles. The number of hydrogen-bond donors (Lipinski definition) is 0. The van der Waals surface area contributed by atoms with Crippen molar-refractivity contribution in [3.05, 3.63) is 24.3 Å². The second kappa shape index (κ2) is 9.03. The number of hydrogen-bond acceptors (Lipinski definition) is 3. The van der Waals surface area contributed by atoms with Crippen molar-refractivity contribution in [2.45, 2.75) is 25.7 Å². The van der Waals surface area contributed by atoms with Gasteiger partial charge in [0.15, 0.2) is 0 Å². The topological polar surface area (TPSA) is 32.8 Å². The highest BCUT2D eigenvalue weighted by molar-refractivity contribution is 9.09. The van der Waals surface area contributed by atoms with Crippen LogP contribution in [-0.2, 0) is 4.79 Å². The fraction of sp³-hybridized carbons (Fsp3) is 0.588. The van der Waals surface area contributed by atoms with Crippen LogP contribution in [-0.4, -0.2) is 49.4 Å². The zero-order valence-corrected chi connectivity index (χ0v) is 14.8. The number of piperazine rings is 1. The monoisotopic (exact) mass is 368 g/mol. The average molecular weight is 369 g/mol. The number of ether oxygens (including phenoxy) is 1. The molecular formula is C17H25BrN2O2. The van der Waals surface area contributed by atoms with E-state index in [0.29, 0.717) is 12.3 Å². The Kier molecular flexibility index (Phi) is 7.03. The van der Waals surface area contributed by atoms with Gasteiger partial charge in [-0.25, -0.2) is 0 Å². The number of halogens is 1. The number of benzene rings is 1. The van der Waals surface area contributed by atoms with Crippen molar-refractivity contribution in [1.82, 2.24) is 4.90 Å². The van der Waals surface area contributed by atoms with Crippen molar-refractivity contribution in [2.75, 3.05) is 43.5 Å². The molecule has 1 aliphatic heterocycles. The third-order valence-corrected chi connectivity index (χ3v) is 4.64. The standard InChI is InChI=1S/C17H25BrN2O2/c1-22-16-8-5-4-7-15(16)19-11-13-20(14-12-19)17(21)9-3-2-6-10-18/h4-5,7-8H,2-3,6,9-14H2,1H3. The Hall–Kier alpha value is -1.23. The number of carbonyl (C=O) groups excluding carboxylic acids is 1. The molecular weight excluding hydrogens is 344 g/mol. The van der Waals surface area contributed by atoms with Gasteiger partial charge in [-0.3, -0.25) is 4.79 Å². The maximum Gasteiger partial charge on any atom is 0.222 e. The lowest BCUT2D eigenvalue weighted by Gasteiger charge is -2.36. The highest BCUT2D eigenvalue weighted by Gasteiger charge is 2.22. The SMILES string of the molecule is COc1ccccc1N1CCN(C(=O)CCCCCBr)CC1. The Morgan fingerprint density at radius 1 is 1.14 bits per heavy atom. The molecule has 0 radical (unpaired) electrons. The summed E-state index contributed by atoms with van der Waals surface area (Å²) in [5.41, 5.74) is 1.12. The van der Waals surface area contributed by atoms with Crippen LogP contribution in [0.2, 0.25) is 0 Å². The van der Waals surface area contributed by atoms with E-state index in [1.807, 2.05) is 23.1 Å². The second-order valence-corrected chi connectivity index (χ2v) is 6.33. The van der Waals surface area contributed by atoms with E-state index >= 15 is 0 Å². The third-order valence-electron chi connectivity index (χ3n) is 4.08. The average Bonchev–Trinajstić information content (AvgIpc) is 2.58. The summed E-state index contributed by atoms with van der Waals surface area (Å²) >= 11 is 3.42. The van der Waals surface area contributed by atoms with Crippen LogP contribution in [0, 0.1) is 0 Å². The summed E-state index contributed by atoms with van der Waals surface area (Å²) in [6, 6.07) is 8.07. The smallest absolute Gasteiger partial charge is 0.222 e. The van der Waals surface area contributed by atoms with Gasteiger partial charge >= 0.3 is 0 Å². The quantitative estimate of drug-likeness (QED) is 0.546. The van der Waals surface area contributed by atoms with Crippen molar-refractivity contribution in [2.24, 2.45) is 0 Å². The van der Waals surface area contributed by atoms with Crippen molar-refractivity contribution in [3.63, 3.8) is 0 Å². The molecule has 1 heterocycles. The van der Waals surface area contributed by atoms with Crippen LogP contribution < -0.4 is 9.64 Å². The number of methoxy groups -OCH3 is 1. The van der Waals surface area contributed by atoms with Crippen molar-refractivity contribution < 1.29 is 9.53 Å². The summed E-state index contributed by atoms with van der Waals surface area (Å²) in [4.78, 5) is 16.5. The largest absolute Gasteiger partial charge is 0.495 e. The van der Waals surface area contributed by atoms with E-state index in [-0.39, 0.29) is 0 Å². The van der Waals surface area contributed by atoms with Crippen LogP contribution in [0.4, 0.5) is 5.69 Å². The van der Waals surface area contributed by atoms with E-state index < -0.39 is 0 Å². The first kappa shape index (κ1) is 17.1. The second-order valence-electron chi connectivity index (χ2n) is 5.54. The summed E-state index contributed by atoms with van der Waals surface area (Å²) in [7, 11) is 1.70. The minimum absolute atomic E-state index is 0.300. The van der Waals surface area contributed by atoms with Gasteiger partial charge in [0.2, 0.25) is 5.91 Å². The van der Waals surface area contributed by atoms with E-state index in [1.54, 1.807) is 7.11 Å². The third kappa shape index (κ3) is 4.63. The first-order valence-corrected chi connectivity index (χ1v) is 9.10. The fourth-order valence-electron chi connectivity index (χ4n) is 2.79. The molecule has 1 fully saturated rings. The molecule has 0 atom stereocenters. The first-order chi connectivity index (χ1) is 10.8. The maximum atomic E-state index is 12.2. The van der Waals surface area contributed by atoms with E-state index in [0.717, 1.165) is 62.2 Å². The molecule has 0 bridgehead atoms. The highest BCUT2D eigenvalue weighted by atomic mass is 79.9. The number of anilines is 1. The molecule has 0 unspecified atom stereocenters. The van der Waals surface area contributed by atoms with Crippen LogP contribution in [0.5, 0.6) is 5.75 Å². The summed E-state index contributed by atoms with van der Waals surface area (Å²) in [6.45, 7) is 3.34. The minimum Gasteiger partial charge on any atom is -0.495 e. The molecule has 4 nitrogen and oxygen atoms in total. The number of carbonyl (C=O) groups is 1. The zero-order chi connectivity index (χ0) is 15.8. The van der Waals surface area contributed by atoms with Gasteiger partial charge in [0.25, 0.3) is 0 Å². The summed E-state index contributed by atoms with van der Waals surface area (Å²) < 4.78 is 5.42. The van der Waals surface area contributed by atoms with Crippen molar-refractivity contribution in [3.8, 4) is 5.75 Å². The van der Waals surface area contributed by atoms with Crippen LogP contribution in [0.1, 0.15) is 25.7 Å². The summed E-state index contributed by atoms with van der Waals surface area (Å²) in [5, 5.41) is 1.03. The lowest BCUT2D eigenvalue weighted by atomic mass is 10.1. The lowest BCUT2D eigenvalue weighted by molar-refractivity contribution is -0.131. The number of rotatable bonds is 7. The molecule has 1 saturated heterocycles. The van der Waals surface area contributed by atoms with E-state index in [1.165, 1.54) is 0 Å². The molecule has 22 heavy (non-hydrogen) atoms. The number of amides is 1. The van der Waals surface area contributed by atoms with E-state index in [9.17, 15) is 4.79 Å². The van der Waals surface area contributed by atoms with Crippen molar-refractivity contribution >= 4 is 27.5 Å². The predicted molar refractivity (Wildman–Crippen MR) is 94.0 cm³/mol. The number of alkyl halides is 1.